The van der Waals surface area contributed by atoms with Gasteiger partial charge in [0.25, 0.3) is 0 Å². The summed E-state index contributed by atoms with van der Waals surface area (Å²) in [5.41, 5.74) is 7.37. The smallest absolute Gasteiger partial charge is 0.119 e. The Kier molecular flexibility index (Phi) is 4.48. The fourth-order valence-electron chi connectivity index (χ4n) is 3.03. The molecule has 1 aromatic rings. The normalized spacial score (nSPS) is 28.9. The summed E-state index contributed by atoms with van der Waals surface area (Å²) < 4.78 is 11.1. The van der Waals surface area contributed by atoms with Crippen LogP contribution < -0.4 is 10.5 Å². The molecule has 1 aliphatic rings. The Morgan fingerprint density at radius 3 is 2.53 bits per heavy atom. The molecule has 1 aromatic carbocycles. The van der Waals surface area contributed by atoms with E-state index >= 15 is 0 Å². The quantitative estimate of drug-likeness (QED) is 0.906. The van der Waals surface area contributed by atoms with Crippen LogP contribution in [0.5, 0.6) is 5.75 Å². The molecule has 19 heavy (non-hydrogen) atoms. The van der Waals surface area contributed by atoms with Gasteiger partial charge >= 0.3 is 0 Å². The SMILES string of the molecule is COc1cccc(C(N)C2(OC)CCC(C)CC2)c1. The minimum Gasteiger partial charge on any atom is -0.497 e. The lowest BCUT2D eigenvalue weighted by atomic mass is 9.74. The van der Waals surface area contributed by atoms with Crippen molar-refractivity contribution in [1.29, 1.82) is 0 Å². The van der Waals surface area contributed by atoms with Crippen LogP contribution in [0.3, 0.4) is 0 Å². The van der Waals surface area contributed by atoms with E-state index in [0.717, 1.165) is 30.1 Å². The maximum absolute atomic E-state index is 6.50. The van der Waals surface area contributed by atoms with Crippen molar-refractivity contribution in [1.82, 2.24) is 0 Å². The predicted molar refractivity (Wildman–Crippen MR) is 77.3 cm³/mol. The van der Waals surface area contributed by atoms with Gasteiger partial charge in [0.05, 0.1) is 18.8 Å². The largest absolute Gasteiger partial charge is 0.497 e. The van der Waals surface area contributed by atoms with Crippen LogP contribution in [0.1, 0.15) is 44.2 Å². The molecule has 0 saturated heterocycles. The first-order valence-corrected chi connectivity index (χ1v) is 7.06. The van der Waals surface area contributed by atoms with Gasteiger partial charge in [-0.05, 0) is 49.3 Å². The van der Waals surface area contributed by atoms with Gasteiger partial charge in [-0.1, -0.05) is 19.1 Å². The van der Waals surface area contributed by atoms with E-state index in [2.05, 4.69) is 13.0 Å². The van der Waals surface area contributed by atoms with Crippen molar-refractivity contribution in [3.63, 3.8) is 0 Å². The number of benzene rings is 1. The van der Waals surface area contributed by atoms with E-state index in [0.29, 0.717) is 0 Å². The number of nitrogens with two attached hydrogens (primary N) is 1. The van der Waals surface area contributed by atoms with Crippen molar-refractivity contribution in [3.8, 4) is 5.75 Å². The van der Waals surface area contributed by atoms with E-state index in [9.17, 15) is 0 Å². The Balaban J connectivity index is 2.22. The van der Waals surface area contributed by atoms with Gasteiger partial charge in [0.2, 0.25) is 0 Å². The molecule has 2 rings (SSSR count). The van der Waals surface area contributed by atoms with Gasteiger partial charge in [-0.25, -0.2) is 0 Å². The zero-order valence-corrected chi connectivity index (χ0v) is 12.2. The number of methoxy groups -OCH3 is 2. The van der Waals surface area contributed by atoms with Crippen LogP contribution in [0.2, 0.25) is 0 Å². The summed E-state index contributed by atoms with van der Waals surface area (Å²) in [5.74, 6) is 1.63. The molecule has 0 aliphatic heterocycles. The van der Waals surface area contributed by atoms with Crippen molar-refractivity contribution < 1.29 is 9.47 Å². The molecular weight excluding hydrogens is 238 g/mol. The summed E-state index contributed by atoms with van der Waals surface area (Å²) in [6, 6.07) is 7.91. The molecule has 1 atom stereocenters. The van der Waals surface area contributed by atoms with E-state index < -0.39 is 0 Å². The average molecular weight is 263 g/mol. The van der Waals surface area contributed by atoms with Crippen molar-refractivity contribution in [2.45, 2.75) is 44.2 Å². The molecule has 1 fully saturated rings. The summed E-state index contributed by atoms with van der Waals surface area (Å²) in [4.78, 5) is 0. The molecule has 1 unspecified atom stereocenters. The maximum atomic E-state index is 6.50. The van der Waals surface area contributed by atoms with E-state index in [1.165, 1.54) is 12.8 Å². The molecular formula is C16H25NO2. The van der Waals surface area contributed by atoms with E-state index in [-0.39, 0.29) is 11.6 Å². The number of hydrogen-bond acceptors (Lipinski definition) is 3. The summed E-state index contributed by atoms with van der Waals surface area (Å²) in [5, 5.41) is 0. The second kappa shape index (κ2) is 5.93. The molecule has 0 heterocycles. The van der Waals surface area contributed by atoms with Gasteiger partial charge in [0.15, 0.2) is 0 Å². The first kappa shape index (κ1) is 14.4. The van der Waals surface area contributed by atoms with E-state index in [1.807, 2.05) is 18.2 Å². The van der Waals surface area contributed by atoms with Crippen LogP contribution >= 0.6 is 0 Å². The minimum atomic E-state index is -0.223. The van der Waals surface area contributed by atoms with Crippen LogP contribution in [0.25, 0.3) is 0 Å². The molecule has 1 aliphatic carbocycles. The summed E-state index contributed by atoms with van der Waals surface area (Å²) >= 11 is 0. The van der Waals surface area contributed by atoms with Crippen LogP contribution in [0.4, 0.5) is 0 Å². The van der Waals surface area contributed by atoms with Crippen molar-refractivity contribution in [3.05, 3.63) is 29.8 Å². The Labute approximate surface area is 116 Å². The third-order valence-corrected chi connectivity index (χ3v) is 4.55. The monoisotopic (exact) mass is 263 g/mol. The number of ether oxygens (including phenoxy) is 2. The second-order valence-corrected chi connectivity index (χ2v) is 5.71. The van der Waals surface area contributed by atoms with Crippen LogP contribution in [0, 0.1) is 5.92 Å². The predicted octanol–water partition coefficient (Wildman–Crippen LogP) is 3.29. The average Bonchev–Trinajstić information content (AvgIpc) is 2.48. The summed E-state index contributed by atoms with van der Waals surface area (Å²) in [7, 11) is 3.47. The van der Waals surface area contributed by atoms with Gasteiger partial charge in [-0.3, -0.25) is 0 Å². The molecule has 0 bridgehead atoms. The minimum absolute atomic E-state index is 0.0971. The van der Waals surface area contributed by atoms with Crippen molar-refractivity contribution >= 4 is 0 Å². The van der Waals surface area contributed by atoms with Gasteiger partial charge < -0.3 is 15.2 Å². The highest BCUT2D eigenvalue weighted by atomic mass is 16.5. The Morgan fingerprint density at radius 1 is 1.26 bits per heavy atom. The number of rotatable bonds is 4. The zero-order chi connectivity index (χ0) is 13.9. The lowest BCUT2D eigenvalue weighted by Crippen LogP contribution is -2.45. The van der Waals surface area contributed by atoms with Gasteiger partial charge in [0.1, 0.15) is 5.75 Å². The lowest BCUT2D eigenvalue weighted by Gasteiger charge is -2.42. The molecule has 0 aromatic heterocycles. The highest BCUT2D eigenvalue weighted by molar-refractivity contribution is 5.32. The zero-order valence-electron chi connectivity index (χ0n) is 12.2. The lowest BCUT2D eigenvalue weighted by molar-refractivity contribution is -0.0672. The molecule has 3 heteroatoms. The molecule has 0 spiro atoms. The molecule has 106 valence electrons. The Morgan fingerprint density at radius 2 is 1.95 bits per heavy atom. The van der Waals surface area contributed by atoms with Gasteiger partial charge in [0, 0.05) is 7.11 Å². The van der Waals surface area contributed by atoms with Crippen molar-refractivity contribution in [2.24, 2.45) is 11.7 Å². The first-order chi connectivity index (χ1) is 9.11. The third kappa shape index (κ3) is 2.93. The van der Waals surface area contributed by atoms with E-state index in [1.54, 1.807) is 14.2 Å². The topological polar surface area (TPSA) is 44.5 Å². The highest BCUT2D eigenvalue weighted by Crippen LogP contribution is 2.42. The van der Waals surface area contributed by atoms with Crippen molar-refractivity contribution in [2.75, 3.05) is 14.2 Å². The Hall–Kier alpha value is -1.06. The molecule has 0 radical (unpaired) electrons. The van der Waals surface area contributed by atoms with Gasteiger partial charge in [-0.15, -0.1) is 0 Å². The molecule has 0 amide bonds. The fourth-order valence-corrected chi connectivity index (χ4v) is 3.03. The summed E-state index contributed by atoms with van der Waals surface area (Å²) in [6.45, 7) is 2.30. The molecule has 1 saturated carbocycles. The van der Waals surface area contributed by atoms with Gasteiger partial charge in [-0.2, -0.15) is 0 Å². The fraction of sp³-hybridized carbons (Fsp3) is 0.625. The van der Waals surface area contributed by atoms with Crippen LogP contribution in [-0.2, 0) is 4.74 Å². The maximum Gasteiger partial charge on any atom is 0.119 e. The molecule has 3 nitrogen and oxygen atoms in total. The highest BCUT2D eigenvalue weighted by Gasteiger charge is 2.40. The molecule has 2 N–H and O–H groups in total. The van der Waals surface area contributed by atoms with Crippen LogP contribution in [-0.4, -0.2) is 19.8 Å². The summed E-state index contributed by atoms with van der Waals surface area (Å²) in [6.07, 6.45) is 4.43. The second-order valence-electron chi connectivity index (χ2n) is 5.71. The van der Waals surface area contributed by atoms with Crippen LogP contribution in [0.15, 0.2) is 24.3 Å². The van der Waals surface area contributed by atoms with E-state index in [4.69, 9.17) is 15.2 Å². The number of hydrogen-bond donors (Lipinski definition) is 1. The third-order valence-electron chi connectivity index (χ3n) is 4.55. The standard InChI is InChI=1S/C16H25NO2/c1-12-7-9-16(19-3,10-8-12)15(17)13-5-4-6-14(11-13)18-2/h4-6,11-12,15H,7-10,17H2,1-3H3. The first-order valence-electron chi connectivity index (χ1n) is 7.06. The Bertz CT molecular complexity index is 411.